The first-order valence-electron chi connectivity index (χ1n) is 9.03. The number of carbonyl (C=O) groups is 1. The molecule has 0 atom stereocenters. The summed E-state index contributed by atoms with van der Waals surface area (Å²) >= 11 is 6.15. The molecule has 3 rings (SSSR count). The smallest absolute Gasteiger partial charge is 0.269 e. The number of hydrogen-bond donors (Lipinski definition) is 1. The van der Waals surface area contributed by atoms with E-state index < -0.39 is 4.92 Å². The highest BCUT2D eigenvalue weighted by Crippen LogP contribution is 2.21. The Morgan fingerprint density at radius 3 is 2.50 bits per heavy atom. The maximum Gasteiger partial charge on any atom is 0.269 e. The van der Waals surface area contributed by atoms with Crippen LogP contribution in [0.5, 0.6) is 5.75 Å². The number of hydrazone groups is 1. The maximum atomic E-state index is 12.0. The van der Waals surface area contributed by atoms with Crippen molar-refractivity contribution in [2.75, 3.05) is 0 Å². The number of para-hydroxylation sites is 1. The Hall–Kier alpha value is -3.71. The van der Waals surface area contributed by atoms with Crippen molar-refractivity contribution in [2.24, 2.45) is 5.10 Å². The summed E-state index contributed by atoms with van der Waals surface area (Å²) in [5.41, 5.74) is 4.63. The SMILES string of the molecule is O=C(Cc1ccc([N+](=O)[O-])cc1)N/N=C\c1ccccc1OCc1ccccc1Cl. The van der Waals surface area contributed by atoms with Gasteiger partial charge in [-0.2, -0.15) is 5.10 Å². The number of non-ortho nitro benzene ring substituents is 1. The van der Waals surface area contributed by atoms with Gasteiger partial charge in [0.2, 0.25) is 5.91 Å². The number of carbonyl (C=O) groups excluding carboxylic acids is 1. The molecule has 0 aliphatic heterocycles. The van der Waals surface area contributed by atoms with Crippen molar-refractivity contribution in [1.82, 2.24) is 5.43 Å². The van der Waals surface area contributed by atoms with Gasteiger partial charge in [-0.05, 0) is 23.8 Å². The number of amides is 1. The van der Waals surface area contributed by atoms with E-state index in [-0.39, 0.29) is 18.0 Å². The van der Waals surface area contributed by atoms with Crippen LogP contribution in [0, 0.1) is 10.1 Å². The van der Waals surface area contributed by atoms with E-state index in [4.69, 9.17) is 16.3 Å². The Kier molecular flexibility index (Phi) is 7.13. The van der Waals surface area contributed by atoms with Gasteiger partial charge < -0.3 is 4.74 Å². The quantitative estimate of drug-likeness (QED) is 0.327. The van der Waals surface area contributed by atoms with E-state index >= 15 is 0 Å². The van der Waals surface area contributed by atoms with Gasteiger partial charge in [-0.1, -0.05) is 54.1 Å². The number of nitro groups is 1. The molecule has 0 unspecified atom stereocenters. The molecule has 0 saturated carbocycles. The Bertz CT molecular complexity index is 1070. The monoisotopic (exact) mass is 423 g/mol. The second-order valence-corrected chi connectivity index (χ2v) is 6.72. The summed E-state index contributed by atoms with van der Waals surface area (Å²) in [6.07, 6.45) is 1.55. The van der Waals surface area contributed by atoms with Crippen LogP contribution in [0.3, 0.4) is 0 Å². The fourth-order valence-corrected chi connectivity index (χ4v) is 2.81. The molecule has 0 aromatic heterocycles. The van der Waals surface area contributed by atoms with Crippen molar-refractivity contribution < 1.29 is 14.5 Å². The van der Waals surface area contributed by atoms with Gasteiger partial charge >= 0.3 is 0 Å². The van der Waals surface area contributed by atoms with E-state index in [1.807, 2.05) is 36.4 Å². The van der Waals surface area contributed by atoms with Gasteiger partial charge in [0, 0.05) is 28.3 Å². The van der Waals surface area contributed by atoms with Crippen molar-refractivity contribution in [2.45, 2.75) is 13.0 Å². The summed E-state index contributed by atoms with van der Waals surface area (Å²) < 4.78 is 5.84. The average Bonchev–Trinajstić information content (AvgIpc) is 2.74. The first-order chi connectivity index (χ1) is 14.5. The topological polar surface area (TPSA) is 93.8 Å². The normalized spacial score (nSPS) is 10.7. The van der Waals surface area contributed by atoms with E-state index in [0.717, 1.165) is 5.56 Å². The Morgan fingerprint density at radius 1 is 1.07 bits per heavy atom. The summed E-state index contributed by atoms with van der Waals surface area (Å²) in [5.74, 6) is 0.264. The van der Waals surface area contributed by atoms with E-state index in [2.05, 4.69) is 10.5 Å². The van der Waals surface area contributed by atoms with Gasteiger partial charge in [-0.3, -0.25) is 14.9 Å². The van der Waals surface area contributed by atoms with Crippen LogP contribution in [-0.4, -0.2) is 17.0 Å². The van der Waals surface area contributed by atoms with Gasteiger partial charge in [0.25, 0.3) is 5.69 Å². The van der Waals surface area contributed by atoms with Gasteiger partial charge in [0.15, 0.2) is 0 Å². The van der Waals surface area contributed by atoms with Crippen LogP contribution in [0.25, 0.3) is 0 Å². The Balaban J connectivity index is 1.57. The largest absolute Gasteiger partial charge is 0.488 e. The molecule has 0 saturated heterocycles. The molecular weight excluding hydrogens is 406 g/mol. The zero-order chi connectivity index (χ0) is 21.3. The number of nitrogens with zero attached hydrogens (tertiary/aromatic N) is 2. The van der Waals surface area contributed by atoms with Gasteiger partial charge in [0.05, 0.1) is 17.6 Å². The van der Waals surface area contributed by atoms with Crippen molar-refractivity contribution in [3.63, 3.8) is 0 Å². The molecule has 0 radical (unpaired) electrons. The molecule has 152 valence electrons. The van der Waals surface area contributed by atoms with E-state index in [0.29, 0.717) is 28.5 Å². The number of benzene rings is 3. The van der Waals surface area contributed by atoms with Gasteiger partial charge in [-0.25, -0.2) is 5.43 Å². The lowest BCUT2D eigenvalue weighted by atomic mass is 10.1. The van der Waals surface area contributed by atoms with Crippen LogP contribution < -0.4 is 10.2 Å². The summed E-state index contributed by atoms with van der Waals surface area (Å²) in [6.45, 7) is 0.303. The predicted octanol–water partition coefficient (Wildman–Crippen LogP) is 4.52. The third kappa shape index (κ3) is 5.89. The molecule has 0 aliphatic rings. The summed E-state index contributed by atoms with van der Waals surface area (Å²) in [7, 11) is 0. The zero-order valence-electron chi connectivity index (χ0n) is 15.8. The van der Waals surface area contributed by atoms with Crippen LogP contribution in [0.1, 0.15) is 16.7 Å². The number of nitro benzene ring substituents is 1. The predicted molar refractivity (Wildman–Crippen MR) is 115 cm³/mol. The standard InChI is InChI=1S/C22H18ClN3O4/c23-20-7-3-1-6-18(20)15-30-21-8-4-2-5-17(21)14-24-25-22(27)13-16-9-11-19(12-10-16)26(28)29/h1-12,14H,13,15H2,(H,25,27)/b24-14-. The number of halogens is 1. The molecule has 0 aliphatic carbocycles. The number of ether oxygens (including phenoxy) is 1. The van der Waals surface area contributed by atoms with Crippen LogP contribution in [-0.2, 0) is 17.8 Å². The van der Waals surface area contributed by atoms with Gasteiger partial charge in [-0.15, -0.1) is 0 Å². The minimum atomic E-state index is -0.487. The van der Waals surface area contributed by atoms with Gasteiger partial charge in [0.1, 0.15) is 12.4 Å². The third-order valence-corrected chi connectivity index (χ3v) is 4.53. The lowest BCUT2D eigenvalue weighted by Gasteiger charge is -2.10. The molecule has 1 N–H and O–H groups in total. The molecule has 0 heterocycles. The molecular formula is C22H18ClN3O4. The molecule has 7 nitrogen and oxygen atoms in total. The van der Waals surface area contributed by atoms with Crippen molar-refractivity contribution in [3.05, 3.63) is 105 Å². The third-order valence-electron chi connectivity index (χ3n) is 4.16. The van der Waals surface area contributed by atoms with Crippen molar-refractivity contribution >= 4 is 29.4 Å². The summed E-state index contributed by atoms with van der Waals surface area (Å²) in [4.78, 5) is 22.2. The average molecular weight is 424 g/mol. The molecule has 0 bridgehead atoms. The highest BCUT2D eigenvalue weighted by molar-refractivity contribution is 6.31. The molecule has 1 amide bonds. The lowest BCUT2D eigenvalue weighted by Crippen LogP contribution is -2.19. The lowest BCUT2D eigenvalue weighted by molar-refractivity contribution is -0.384. The van der Waals surface area contributed by atoms with Crippen LogP contribution in [0.2, 0.25) is 5.02 Å². The van der Waals surface area contributed by atoms with E-state index in [1.165, 1.54) is 18.3 Å². The highest BCUT2D eigenvalue weighted by Gasteiger charge is 2.07. The molecule has 8 heteroatoms. The maximum absolute atomic E-state index is 12.0. The van der Waals surface area contributed by atoms with Crippen molar-refractivity contribution in [3.8, 4) is 5.75 Å². The van der Waals surface area contributed by atoms with E-state index in [9.17, 15) is 14.9 Å². The first-order valence-corrected chi connectivity index (χ1v) is 9.41. The fraction of sp³-hybridized carbons (Fsp3) is 0.0909. The fourth-order valence-electron chi connectivity index (χ4n) is 2.62. The Labute approximate surface area is 178 Å². The zero-order valence-corrected chi connectivity index (χ0v) is 16.6. The number of hydrogen-bond acceptors (Lipinski definition) is 5. The molecule has 3 aromatic carbocycles. The van der Waals surface area contributed by atoms with Crippen LogP contribution in [0.15, 0.2) is 77.9 Å². The van der Waals surface area contributed by atoms with Crippen LogP contribution in [0.4, 0.5) is 5.69 Å². The highest BCUT2D eigenvalue weighted by atomic mass is 35.5. The first kappa shape index (κ1) is 21.0. The summed E-state index contributed by atoms with van der Waals surface area (Å²) in [5, 5.41) is 15.3. The minimum Gasteiger partial charge on any atom is -0.488 e. The number of nitrogens with one attached hydrogen (secondary N) is 1. The second kappa shape index (κ2) is 10.2. The summed E-state index contributed by atoms with van der Waals surface area (Å²) in [6, 6.07) is 20.5. The van der Waals surface area contributed by atoms with Crippen molar-refractivity contribution in [1.29, 1.82) is 0 Å². The minimum absolute atomic E-state index is 0.0226. The van der Waals surface area contributed by atoms with Crippen LogP contribution >= 0.6 is 11.6 Å². The molecule has 0 spiro atoms. The second-order valence-electron chi connectivity index (χ2n) is 6.31. The molecule has 0 fully saturated rings. The molecule has 30 heavy (non-hydrogen) atoms. The molecule has 3 aromatic rings. The Morgan fingerprint density at radius 2 is 1.77 bits per heavy atom. The number of rotatable bonds is 8. The van der Waals surface area contributed by atoms with E-state index in [1.54, 1.807) is 24.3 Å².